The minimum Gasteiger partial charge on any atom is -0.373 e. The summed E-state index contributed by atoms with van der Waals surface area (Å²) in [7, 11) is 0. The lowest BCUT2D eigenvalue weighted by Gasteiger charge is -2.40. The summed E-state index contributed by atoms with van der Waals surface area (Å²) in [6, 6.07) is 6.59. The molecule has 1 fully saturated rings. The maximum Gasteiger partial charge on any atom is 0.0678 e. The highest BCUT2D eigenvalue weighted by molar-refractivity contribution is 9.13. The van der Waals surface area contributed by atoms with E-state index in [-0.39, 0.29) is 18.2 Å². The van der Waals surface area contributed by atoms with Crippen LogP contribution in [0.15, 0.2) is 27.1 Å². The number of benzene rings is 1. The molecule has 19 heavy (non-hydrogen) atoms. The zero-order chi connectivity index (χ0) is 14.0. The van der Waals surface area contributed by atoms with Crippen molar-refractivity contribution < 1.29 is 4.74 Å². The maximum absolute atomic E-state index is 6.01. The number of morpholine rings is 1. The summed E-state index contributed by atoms with van der Waals surface area (Å²) < 4.78 is 7.92. The van der Waals surface area contributed by atoms with Crippen molar-refractivity contribution in [3.05, 3.63) is 32.7 Å². The van der Waals surface area contributed by atoms with Crippen molar-refractivity contribution in [3.8, 4) is 0 Å². The first-order chi connectivity index (χ1) is 9.01. The largest absolute Gasteiger partial charge is 0.373 e. The van der Waals surface area contributed by atoms with Gasteiger partial charge in [0.2, 0.25) is 0 Å². The molecule has 1 aliphatic heterocycles. The van der Waals surface area contributed by atoms with E-state index in [0.29, 0.717) is 6.54 Å². The number of rotatable bonds is 3. The minimum absolute atomic E-state index is 0.248. The van der Waals surface area contributed by atoms with Crippen molar-refractivity contribution in [2.45, 2.75) is 32.1 Å². The lowest BCUT2D eigenvalue weighted by molar-refractivity contribution is -0.0799. The van der Waals surface area contributed by atoms with Gasteiger partial charge in [-0.25, -0.2) is 0 Å². The summed E-state index contributed by atoms with van der Waals surface area (Å²) in [6.07, 6.45) is 0.522. The maximum atomic E-state index is 6.01. The Morgan fingerprint density at radius 2 is 1.89 bits per heavy atom. The molecule has 5 heteroatoms. The van der Waals surface area contributed by atoms with Crippen LogP contribution in [0.5, 0.6) is 0 Å². The van der Waals surface area contributed by atoms with Crippen molar-refractivity contribution in [1.29, 1.82) is 0 Å². The Balaban J connectivity index is 2.21. The number of hydrogen-bond donors (Lipinski definition) is 1. The van der Waals surface area contributed by atoms with Gasteiger partial charge in [-0.05, 0) is 63.4 Å². The number of nitrogens with zero attached hydrogens (tertiary/aromatic N) is 1. The van der Waals surface area contributed by atoms with E-state index in [1.54, 1.807) is 0 Å². The molecule has 3 atom stereocenters. The molecule has 0 aliphatic carbocycles. The molecule has 0 spiro atoms. The summed E-state index contributed by atoms with van der Waals surface area (Å²) in [5, 5.41) is 0. The second kappa shape index (κ2) is 6.68. The van der Waals surface area contributed by atoms with Gasteiger partial charge in [-0.3, -0.25) is 4.90 Å². The molecule has 1 heterocycles. The van der Waals surface area contributed by atoms with E-state index in [2.05, 4.69) is 68.8 Å². The van der Waals surface area contributed by atoms with Gasteiger partial charge in [-0.2, -0.15) is 0 Å². The molecule has 3 nitrogen and oxygen atoms in total. The predicted octanol–water partition coefficient (Wildman–Crippen LogP) is 3.32. The quantitative estimate of drug-likeness (QED) is 0.858. The lowest BCUT2D eigenvalue weighted by Crippen LogP contribution is -2.48. The first-order valence-electron chi connectivity index (χ1n) is 6.55. The van der Waals surface area contributed by atoms with Gasteiger partial charge in [0.25, 0.3) is 0 Å². The fraction of sp³-hybridized carbons (Fsp3) is 0.571. The topological polar surface area (TPSA) is 38.5 Å². The third kappa shape index (κ3) is 3.79. The Morgan fingerprint density at radius 3 is 2.42 bits per heavy atom. The van der Waals surface area contributed by atoms with Crippen LogP contribution in [0, 0.1) is 0 Å². The van der Waals surface area contributed by atoms with Crippen molar-refractivity contribution in [2.24, 2.45) is 5.73 Å². The highest BCUT2D eigenvalue weighted by Gasteiger charge is 2.28. The van der Waals surface area contributed by atoms with Crippen molar-refractivity contribution in [1.82, 2.24) is 4.90 Å². The van der Waals surface area contributed by atoms with Gasteiger partial charge >= 0.3 is 0 Å². The van der Waals surface area contributed by atoms with E-state index >= 15 is 0 Å². The lowest BCUT2D eigenvalue weighted by atomic mass is 10.0. The van der Waals surface area contributed by atoms with Crippen LogP contribution in [0.2, 0.25) is 0 Å². The molecule has 1 aliphatic rings. The fourth-order valence-electron chi connectivity index (χ4n) is 2.69. The normalized spacial score (nSPS) is 26.4. The Bertz CT molecular complexity index is 431. The molecule has 2 rings (SSSR count). The number of nitrogens with two attached hydrogens (primary N) is 1. The van der Waals surface area contributed by atoms with E-state index in [1.807, 2.05) is 0 Å². The van der Waals surface area contributed by atoms with E-state index < -0.39 is 0 Å². The molecule has 0 saturated carbocycles. The van der Waals surface area contributed by atoms with E-state index in [0.717, 1.165) is 22.0 Å². The van der Waals surface area contributed by atoms with Gasteiger partial charge < -0.3 is 10.5 Å². The molecule has 2 N–H and O–H groups in total. The average molecular weight is 392 g/mol. The second-order valence-corrected chi connectivity index (χ2v) is 6.84. The van der Waals surface area contributed by atoms with Gasteiger partial charge in [0.05, 0.1) is 12.2 Å². The van der Waals surface area contributed by atoms with Crippen molar-refractivity contribution in [3.63, 3.8) is 0 Å². The number of hydrogen-bond acceptors (Lipinski definition) is 3. The highest BCUT2D eigenvalue weighted by Crippen LogP contribution is 2.30. The molecule has 0 radical (unpaired) electrons. The first-order valence-corrected chi connectivity index (χ1v) is 8.14. The molecular weight excluding hydrogens is 372 g/mol. The van der Waals surface area contributed by atoms with Crippen LogP contribution < -0.4 is 5.73 Å². The van der Waals surface area contributed by atoms with Crippen molar-refractivity contribution in [2.75, 3.05) is 19.6 Å². The second-order valence-electron chi connectivity index (χ2n) is 5.14. The predicted molar refractivity (Wildman–Crippen MR) is 85.2 cm³/mol. The minimum atomic E-state index is 0.248. The average Bonchev–Trinajstić information content (AvgIpc) is 2.33. The summed E-state index contributed by atoms with van der Waals surface area (Å²) in [6.45, 7) is 6.72. The standard InChI is InChI=1S/C14H20Br2N2O/c1-9-7-18(8-10(2)19-9)14(6-17)11-3-4-12(15)13(16)5-11/h3-5,9-10,14H,6-8,17H2,1-2H3/t9-,10+,14?. The smallest absolute Gasteiger partial charge is 0.0678 e. The van der Waals surface area contributed by atoms with Crippen LogP contribution in [0.25, 0.3) is 0 Å². The molecule has 1 unspecified atom stereocenters. The van der Waals surface area contributed by atoms with Crippen molar-refractivity contribution >= 4 is 31.9 Å². The molecule has 106 valence electrons. The van der Waals surface area contributed by atoms with E-state index in [1.165, 1.54) is 5.56 Å². The van der Waals surface area contributed by atoms with Crippen LogP contribution in [0.4, 0.5) is 0 Å². The van der Waals surface area contributed by atoms with Crippen LogP contribution >= 0.6 is 31.9 Å². The van der Waals surface area contributed by atoms with Crippen LogP contribution in [0.1, 0.15) is 25.5 Å². The van der Waals surface area contributed by atoms with Crippen LogP contribution in [-0.2, 0) is 4.74 Å². The summed E-state index contributed by atoms with van der Waals surface area (Å²) in [5.74, 6) is 0. The zero-order valence-electron chi connectivity index (χ0n) is 11.3. The molecular formula is C14H20Br2N2O. The first kappa shape index (κ1) is 15.4. The van der Waals surface area contributed by atoms with Crippen LogP contribution in [0.3, 0.4) is 0 Å². The third-order valence-corrected chi connectivity index (χ3v) is 5.32. The highest BCUT2D eigenvalue weighted by atomic mass is 79.9. The molecule has 1 aromatic rings. The Kier molecular flexibility index (Phi) is 5.43. The van der Waals surface area contributed by atoms with E-state index in [9.17, 15) is 0 Å². The Labute approximate surface area is 131 Å². The van der Waals surface area contributed by atoms with E-state index in [4.69, 9.17) is 10.5 Å². The van der Waals surface area contributed by atoms with Gasteiger partial charge in [0.15, 0.2) is 0 Å². The molecule has 0 amide bonds. The van der Waals surface area contributed by atoms with Gasteiger partial charge in [-0.15, -0.1) is 0 Å². The number of ether oxygens (including phenoxy) is 1. The fourth-order valence-corrected chi connectivity index (χ4v) is 3.33. The molecule has 1 saturated heterocycles. The molecule has 1 aromatic carbocycles. The Morgan fingerprint density at radius 1 is 1.26 bits per heavy atom. The summed E-state index contributed by atoms with van der Waals surface area (Å²) in [5.41, 5.74) is 7.25. The number of halogens is 2. The third-order valence-electron chi connectivity index (χ3n) is 3.44. The van der Waals surface area contributed by atoms with Gasteiger partial charge in [0, 0.05) is 34.6 Å². The summed E-state index contributed by atoms with van der Waals surface area (Å²) >= 11 is 7.06. The van der Waals surface area contributed by atoms with Crippen LogP contribution in [-0.4, -0.2) is 36.7 Å². The zero-order valence-corrected chi connectivity index (χ0v) is 14.4. The molecule has 0 aromatic heterocycles. The summed E-state index contributed by atoms with van der Waals surface area (Å²) in [4.78, 5) is 2.43. The van der Waals surface area contributed by atoms with Gasteiger partial charge in [-0.1, -0.05) is 6.07 Å². The monoisotopic (exact) mass is 390 g/mol. The van der Waals surface area contributed by atoms with Gasteiger partial charge in [0.1, 0.15) is 0 Å². The SMILES string of the molecule is C[C@@H]1CN(C(CN)c2ccc(Br)c(Br)c2)C[C@H](C)O1. The molecule has 0 bridgehead atoms. The Hall–Kier alpha value is 0.0600.